The zero-order valence-electron chi connectivity index (χ0n) is 9.13. The van der Waals surface area contributed by atoms with E-state index < -0.39 is 21.1 Å². The Balaban J connectivity index is 2.93. The Morgan fingerprint density at radius 3 is 2.59 bits per heavy atom. The summed E-state index contributed by atoms with van der Waals surface area (Å²) < 4.78 is 24.4. The van der Waals surface area contributed by atoms with E-state index in [0.717, 1.165) is 4.47 Å². The third-order valence-corrected chi connectivity index (χ3v) is 4.79. The number of hydrogen-bond acceptors (Lipinski definition) is 4. The van der Waals surface area contributed by atoms with Crippen LogP contribution in [0.25, 0.3) is 0 Å². The highest BCUT2D eigenvalue weighted by Crippen LogP contribution is 2.14. The van der Waals surface area contributed by atoms with Gasteiger partial charge in [0.1, 0.15) is 0 Å². The molecule has 7 heteroatoms. The van der Waals surface area contributed by atoms with E-state index in [0.29, 0.717) is 5.69 Å². The molecule has 0 saturated heterocycles. The number of rotatable bonds is 5. The molecule has 0 saturated carbocycles. The first-order chi connectivity index (χ1) is 7.86. The molecule has 1 atom stereocenters. The first kappa shape index (κ1) is 14.1. The number of halogens is 1. The van der Waals surface area contributed by atoms with Crippen LogP contribution in [0.3, 0.4) is 0 Å². The van der Waals surface area contributed by atoms with Crippen LogP contribution in [0.4, 0.5) is 0 Å². The Kier molecular flexibility index (Phi) is 4.64. The minimum absolute atomic E-state index is 0.0498. The zero-order chi connectivity index (χ0) is 13.1. The minimum Gasteiger partial charge on any atom is -0.480 e. The molecule has 0 spiro atoms. The van der Waals surface area contributed by atoms with E-state index in [1.165, 1.54) is 13.1 Å². The summed E-state index contributed by atoms with van der Waals surface area (Å²) in [6.45, 7) is 1.53. The number of carbonyl (C=O) groups is 1. The molecule has 1 rings (SSSR count). The molecule has 17 heavy (non-hydrogen) atoms. The van der Waals surface area contributed by atoms with E-state index in [1.54, 1.807) is 12.1 Å². The maximum Gasteiger partial charge on any atom is 0.321 e. The molecule has 0 aromatic carbocycles. The first-order valence-electron chi connectivity index (χ1n) is 4.91. The van der Waals surface area contributed by atoms with Crippen LogP contribution >= 0.6 is 15.9 Å². The molecule has 0 radical (unpaired) electrons. The van der Waals surface area contributed by atoms with Crippen molar-refractivity contribution in [3.63, 3.8) is 0 Å². The van der Waals surface area contributed by atoms with Crippen LogP contribution in [0.1, 0.15) is 19.0 Å². The van der Waals surface area contributed by atoms with Gasteiger partial charge in [-0.15, -0.1) is 0 Å². The number of sulfone groups is 1. The fourth-order valence-electron chi connectivity index (χ4n) is 1.38. The van der Waals surface area contributed by atoms with Gasteiger partial charge in [0.2, 0.25) is 0 Å². The Hall–Kier alpha value is -0.950. The average molecular weight is 322 g/mol. The average Bonchev–Trinajstić information content (AvgIpc) is 2.21. The standard InChI is InChI=1S/C10H12BrNO4S/c1-2-9(10(13)14)17(15,16)6-8-4-3-7(11)5-12-8/h3-5,9H,2,6H2,1H3,(H,13,14). The molecule has 0 fully saturated rings. The van der Waals surface area contributed by atoms with Crippen molar-refractivity contribution in [1.82, 2.24) is 4.98 Å². The molecule has 1 heterocycles. The van der Waals surface area contributed by atoms with E-state index in [-0.39, 0.29) is 12.2 Å². The molecular weight excluding hydrogens is 310 g/mol. The largest absolute Gasteiger partial charge is 0.480 e. The van der Waals surface area contributed by atoms with Gasteiger partial charge in [-0.3, -0.25) is 9.78 Å². The summed E-state index contributed by atoms with van der Waals surface area (Å²) in [4.78, 5) is 14.7. The van der Waals surface area contributed by atoms with Crippen molar-refractivity contribution in [2.45, 2.75) is 24.3 Å². The number of hydrogen-bond donors (Lipinski definition) is 1. The third kappa shape index (κ3) is 3.78. The minimum atomic E-state index is -3.71. The normalized spacial score (nSPS) is 13.3. The second kappa shape index (κ2) is 5.59. The summed E-state index contributed by atoms with van der Waals surface area (Å²) in [7, 11) is -3.71. The van der Waals surface area contributed by atoms with Crippen LogP contribution in [0, 0.1) is 0 Å². The molecule has 1 aromatic heterocycles. The quantitative estimate of drug-likeness (QED) is 0.890. The van der Waals surface area contributed by atoms with Crippen molar-refractivity contribution in [3.8, 4) is 0 Å². The highest BCUT2D eigenvalue weighted by Gasteiger charge is 2.31. The van der Waals surface area contributed by atoms with Gasteiger partial charge >= 0.3 is 5.97 Å². The SMILES string of the molecule is CCC(C(=O)O)S(=O)(=O)Cc1ccc(Br)cn1. The molecule has 0 aliphatic heterocycles. The first-order valence-corrected chi connectivity index (χ1v) is 7.42. The lowest BCUT2D eigenvalue weighted by atomic mass is 10.3. The van der Waals surface area contributed by atoms with Crippen molar-refractivity contribution >= 4 is 31.7 Å². The smallest absolute Gasteiger partial charge is 0.321 e. The highest BCUT2D eigenvalue weighted by molar-refractivity contribution is 9.10. The van der Waals surface area contributed by atoms with Gasteiger partial charge in [0.25, 0.3) is 0 Å². The molecule has 5 nitrogen and oxygen atoms in total. The Bertz CT molecular complexity index is 498. The summed E-state index contributed by atoms with van der Waals surface area (Å²) in [5, 5.41) is 7.46. The molecule has 1 N–H and O–H groups in total. The van der Waals surface area contributed by atoms with Crippen LogP contribution in [0.5, 0.6) is 0 Å². The van der Waals surface area contributed by atoms with E-state index >= 15 is 0 Å². The van der Waals surface area contributed by atoms with Crippen LogP contribution < -0.4 is 0 Å². The molecule has 94 valence electrons. The number of nitrogens with zero attached hydrogens (tertiary/aromatic N) is 1. The van der Waals surface area contributed by atoms with Crippen molar-refractivity contribution in [3.05, 3.63) is 28.5 Å². The fraction of sp³-hybridized carbons (Fsp3) is 0.400. The summed E-state index contributed by atoms with van der Waals surface area (Å²) in [6.07, 6.45) is 1.53. The van der Waals surface area contributed by atoms with Gasteiger partial charge < -0.3 is 5.11 Å². The lowest BCUT2D eigenvalue weighted by Gasteiger charge is -2.10. The number of carboxylic acid groups (broad SMARTS) is 1. The third-order valence-electron chi connectivity index (χ3n) is 2.22. The summed E-state index contributed by atoms with van der Waals surface area (Å²) in [5.74, 6) is -1.67. The van der Waals surface area contributed by atoms with Crippen molar-refractivity contribution in [2.75, 3.05) is 0 Å². The van der Waals surface area contributed by atoms with Crippen molar-refractivity contribution < 1.29 is 18.3 Å². The summed E-state index contributed by atoms with van der Waals surface area (Å²) >= 11 is 3.18. The van der Waals surface area contributed by atoms with Gasteiger partial charge in [0, 0.05) is 10.7 Å². The van der Waals surface area contributed by atoms with E-state index in [9.17, 15) is 13.2 Å². The lowest BCUT2D eigenvalue weighted by molar-refractivity contribution is -0.136. The second-order valence-electron chi connectivity index (χ2n) is 3.51. The Morgan fingerprint density at radius 1 is 1.53 bits per heavy atom. The molecule has 0 aliphatic rings. The number of aliphatic carboxylic acids is 1. The Morgan fingerprint density at radius 2 is 2.18 bits per heavy atom. The van der Waals surface area contributed by atoms with Crippen LogP contribution in [-0.2, 0) is 20.4 Å². The lowest BCUT2D eigenvalue weighted by Crippen LogP contribution is -2.30. The predicted octanol–water partition coefficient (Wildman–Crippen LogP) is 1.62. The molecule has 0 bridgehead atoms. The summed E-state index contributed by atoms with van der Waals surface area (Å²) in [5.41, 5.74) is 0.341. The molecule has 1 aromatic rings. The highest BCUT2D eigenvalue weighted by atomic mass is 79.9. The second-order valence-corrected chi connectivity index (χ2v) is 6.61. The fourth-order valence-corrected chi connectivity index (χ4v) is 3.21. The maximum absolute atomic E-state index is 11.8. The molecule has 0 aliphatic carbocycles. The summed E-state index contributed by atoms with van der Waals surface area (Å²) in [6, 6.07) is 3.22. The van der Waals surface area contributed by atoms with Gasteiger partial charge in [-0.2, -0.15) is 0 Å². The predicted molar refractivity (Wildman–Crippen MR) is 66.3 cm³/mol. The zero-order valence-corrected chi connectivity index (χ0v) is 11.5. The van der Waals surface area contributed by atoms with Gasteiger partial charge in [-0.1, -0.05) is 6.92 Å². The topological polar surface area (TPSA) is 84.3 Å². The van der Waals surface area contributed by atoms with Gasteiger partial charge in [-0.25, -0.2) is 8.42 Å². The number of aromatic nitrogens is 1. The van der Waals surface area contributed by atoms with Crippen molar-refractivity contribution in [2.24, 2.45) is 0 Å². The van der Waals surface area contributed by atoms with E-state index in [4.69, 9.17) is 5.11 Å². The molecular formula is C10H12BrNO4S. The monoisotopic (exact) mass is 321 g/mol. The number of carboxylic acids is 1. The van der Waals surface area contributed by atoms with Crippen LogP contribution in [0.15, 0.2) is 22.8 Å². The van der Waals surface area contributed by atoms with Crippen LogP contribution in [0.2, 0.25) is 0 Å². The van der Waals surface area contributed by atoms with E-state index in [2.05, 4.69) is 20.9 Å². The molecule has 1 unspecified atom stereocenters. The van der Waals surface area contributed by atoms with Gasteiger partial charge in [0.05, 0.1) is 11.4 Å². The van der Waals surface area contributed by atoms with Gasteiger partial charge in [-0.05, 0) is 34.5 Å². The van der Waals surface area contributed by atoms with Crippen LogP contribution in [-0.4, -0.2) is 29.7 Å². The van der Waals surface area contributed by atoms with Crippen molar-refractivity contribution in [1.29, 1.82) is 0 Å². The molecule has 0 amide bonds. The van der Waals surface area contributed by atoms with Gasteiger partial charge in [0.15, 0.2) is 15.1 Å². The maximum atomic E-state index is 11.8. The van der Waals surface area contributed by atoms with E-state index in [1.807, 2.05) is 0 Å². The Labute approximate surface area is 108 Å². The number of pyridine rings is 1.